The third-order valence-corrected chi connectivity index (χ3v) is 5.23. The van der Waals surface area contributed by atoms with Crippen LogP contribution >= 0.6 is 11.6 Å². The van der Waals surface area contributed by atoms with Gasteiger partial charge < -0.3 is 28.8 Å². The number of halogens is 1. The first-order valence-corrected chi connectivity index (χ1v) is 10.5. The lowest BCUT2D eigenvalue weighted by molar-refractivity contribution is -0.210. The molecule has 7 nitrogen and oxygen atoms in total. The van der Waals surface area contributed by atoms with Crippen LogP contribution in [-0.2, 0) is 20.6 Å². The second-order valence-corrected chi connectivity index (χ2v) is 7.63. The van der Waals surface area contributed by atoms with Crippen LogP contribution in [0.15, 0.2) is 42.5 Å². The van der Waals surface area contributed by atoms with E-state index in [1.165, 1.54) is 26.4 Å². The second kappa shape index (κ2) is 11.3. The van der Waals surface area contributed by atoms with Gasteiger partial charge in [-0.15, -0.1) is 0 Å². The van der Waals surface area contributed by atoms with Crippen molar-refractivity contribution in [1.29, 1.82) is 0 Å². The molecule has 0 aromatic heterocycles. The second-order valence-electron chi connectivity index (χ2n) is 7.22. The van der Waals surface area contributed by atoms with Crippen molar-refractivity contribution in [3.05, 3.63) is 58.6 Å². The van der Waals surface area contributed by atoms with Gasteiger partial charge in [0.2, 0.25) is 0 Å². The molecule has 1 aliphatic heterocycles. The quantitative estimate of drug-likeness (QED) is 0.584. The molecule has 0 aliphatic carbocycles. The van der Waals surface area contributed by atoms with Gasteiger partial charge >= 0.3 is 5.97 Å². The zero-order valence-corrected chi connectivity index (χ0v) is 18.3. The van der Waals surface area contributed by atoms with E-state index >= 15 is 0 Å². The molecule has 0 spiro atoms. The van der Waals surface area contributed by atoms with Gasteiger partial charge in [0.1, 0.15) is 6.61 Å². The van der Waals surface area contributed by atoms with Crippen LogP contribution in [0.1, 0.15) is 28.8 Å². The van der Waals surface area contributed by atoms with Gasteiger partial charge in [-0.05, 0) is 17.7 Å². The van der Waals surface area contributed by atoms with Crippen molar-refractivity contribution >= 4 is 17.6 Å². The molecule has 0 bridgehead atoms. The summed E-state index contributed by atoms with van der Waals surface area (Å²) in [6.45, 7) is 0.400. The topological polar surface area (TPSA) is 83.5 Å². The molecule has 1 fully saturated rings. The molecule has 1 N–H and O–H groups in total. The molecule has 3 rings (SSSR count). The van der Waals surface area contributed by atoms with Gasteiger partial charge in [-0.1, -0.05) is 41.9 Å². The molecule has 1 aliphatic rings. The average molecular weight is 451 g/mol. The number of esters is 1. The number of hydrogen-bond donors (Lipinski definition) is 1. The summed E-state index contributed by atoms with van der Waals surface area (Å²) in [6, 6.07) is 13.0. The lowest BCUT2D eigenvalue weighted by Crippen LogP contribution is -2.39. The Morgan fingerprint density at radius 3 is 2.68 bits per heavy atom. The van der Waals surface area contributed by atoms with E-state index in [9.17, 15) is 9.90 Å². The molecule has 3 atom stereocenters. The van der Waals surface area contributed by atoms with Crippen LogP contribution in [0.3, 0.4) is 0 Å². The minimum atomic E-state index is -0.575. The van der Waals surface area contributed by atoms with Crippen LogP contribution in [0, 0.1) is 0 Å². The van der Waals surface area contributed by atoms with Gasteiger partial charge in [-0.2, -0.15) is 0 Å². The number of benzene rings is 2. The highest BCUT2D eigenvalue weighted by Gasteiger charge is 2.29. The van der Waals surface area contributed by atoms with Crippen LogP contribution in [0.4, 0.5) is 0 Å². The molecule has 1 saturated heterocycles. The van der Waals surface area contributed by atoms with Gasteiger partial charge in [-0.3, -0.25) is 0 Å². The highest BCUT2D eigenvalue weighted by atomic mass is 35.5. The summed E-state index contributed by atoms with van der Waals surface area (Å²) < 4.78 is 27.3. The third kappa shape index (κ3) is 6.58. The highest BCUT2D eigenvalue weighted by molar-refractivity contribution is 6.32. The zero-order chi connectivity index (χ0) is 22.2. The van der Waals surface area contributed by atoms with Gasteiger partial charge in [-0.25, -0.2) is 4.79 Å². The van der Waals surface area contributed by atoms with Crippen molar-refractivity contribution in [3.8, 4) is 11.5 Å². The molecule has 0 unspecified atom stereocenters. The minimum absolute atomic E-state index is 0.00891. The minimum Gasteiger partial charge on any atom is -0.493 e. The zero-order valence-electron chi connectivity index (χ0n) is 17.6. The number of methoxy groups -OCH3 is 2. The van der Waals surface area contributed by atoms with Crippen molar-refractivity contribution in [2.45, 2.75) is 37.8 Å². The van der Waals surface area contributed by atoms with Gasteiger partial charge in [0, 0.05) is 26.4 Å². The monoisotopic (exact) mass is 450 g/mol. The Bertz CT molecular complexity index is 859. The Hall–Kier alpha value is -2.32. The van der Waals surface area contributed by atoms with E-state index in [1.807, 2.05) is 30.3 Å². The summed E-state index contributed by atoms with van der Waals surface area (Å²) in [7, 11) is 2.98. The van der Waals surface area contributed by atoms with E-state index < -0.39 is 24.5 Å². The first-order valence-electron chi connectivity index (χ1n) is 10.1. The maximum atomic E-state index is 12.5. The molecule has 31 heavy (non-hydrogen) atoms. The number of carbonyl (C=O) groups is 1. The molecule has 1 heterocycles. The summed E-state index contributed by atoms with van der Waals surface area (Å²) in [5, 5.41) is 10.1. The van der Waals surface area contributed by atoms with Crippen molar-refractivity contribution in [3.63, 3.8) is 0 Å². The van der Waals surface area contributed by atoms with Crippen LogP contribution in [0.5, 0.6) is 11.5 Å². The Labute approximate surface area is 186 Å². The lowest BCUT2D eigenvalue weighted by atomic mass is 10.1. The molecule has 168 valence electrons. The molecular formula is C23H27ClO7. The van der Waals surface area contributed by atoms with Crippen LogP contribution < -0.4 is 9.47 Å². The first-order chi connectivity index (χ1) is 15.0. The fourth-order valence-corrected chi connectivity index (χ4v) is 3.62. The summed E-state index contributed by atoms with van der Waals surface area (Å²) >= 11 is 6.36. The third-order valence-electron chi connectivity index (χ3n) is 4.95. The summed E-state index contributed by atoms with van der Waals surface area (Å²) in [4.78, 5) is 12.5. The van der Waals surface area contributed by atoms with E-state index in [0.717, 1.165) is 5.56 Å². The van der Waals surface area contributed by atoms with E-state index in [0.29, 0.717) is 37.4 Å². The lowest BCUT2D eigenvalue weighted by Gasteiger charge is -2.31. The molecule has 0 saturated carbocycles. The van der Waals surface area contributed by atoms with Crippen molar-refractivity contribution in [2.75, 3.05) is 27.4 Å². The summed E-state index contributed by atoms with van der Waals surface area (Å²) in [5.74, 6) is 0.142. The van der Waals surface area contributed by atoms with E-state index in [-0.39, 0.29) is 17.2 Å². The fourth-order valence-electron chi connectivity index (χ4n) is 3.35. The predicted molar refractivity (Wildman–Crippen MR) is 115 cm³/mol. The van der Waals surface area contributed by atoms with Gasteiger partial charge in [0.25, 0.3) is 0 Å². The maximum absolute atomic E-state index is 12.5. The Morgan fingerprint density at radius 1 is 1.19 bits per heavy atom. The smallest absolute Gasteiger partial charge is 0.338 e. The standard InChI is InChI=1S/C23H27ClO7/c1-27-20-11-16(23(26)30-14-18-12-17(25)13-21(28-2)31-18)10-19(24)22(20)29-9-8-15-6-4-3-5-7-15/h3-7,10-11,17-18,21,25H,8-9,12-14H2,1-2H3/t17-,18-,21+/m0/s1. The predicted octanol–water partition coefficient (Wildman–Crippen LogP) is 3.64. The van der Waals surface area contributed by atoms with Crippen LogP contribution in [-0.4, -0.2) is 57.0 Å². The Kier molecular flexibility index (Phi) is 8.54. The molecular weight excluding hydrogens is 424 g/mol. The Morgan fingerprint density at radius 2 is 1.97 bits per heavy atom. The van der Waals surface area contributed by atoms with Crippen LogP contribution in [0.25, 0.3) is 0 Å². The number of carbonyl (C=O) groups excluding carboxylic acids is 1. The number of hydrogen-bond acceptors (Lipinski definition) is 7. The Balaban J connectivity index is 1.59. The number of aliphatic hydroxyl groups is 1. The maximum Gasteiger partial charge on any atom is 0.338 e. The fraction of sp³-hybridized carbons (Fsp3) is 0.435. The van der Waals surface area contributed by atoms with Gasteiger partial charge in [0.15, 0.2) is 17.8 Å². The summed E-state index contributed by atoms with van der Waals surface area (Å²) in [6.07, 6.45) is -0.0702. The molecule has 8 heteroatoms. The van der Waals surface area contributed by atoms with Crippen molar-refractivity contribution < 1.29 is 33.6 Å². The SMILES string of the molecule is COc1cc(C(=O)OC[C@@H]2C[C@H](O)C[C@H](OC)O2)cc(Cl)c1OCCc1ccccc1. The number of ether oxygens (including phenoxy) is 5. The summed E-state index contributed by atoms with van der Waals surface area (Å²) in [5.41, 5.74) is 1.38. The van der Waals surface area contributed by atoms with Crippen LogP contribution in [0.2, 0.25) is 5.02 Å². The van der Waals surface area contributed by atoms with E-state index in [2.05, 4.69) is 0 Å². The molecule has 2 aromatic carbocycles. The normalized spacial score (nSPS) is 20.8. The van der Waals surface area contributed by atoms with E-state index in [4.69, 9.17) is 35.3 Å². The highest BCUT2D eigenvalue weighted by Crippen LogP contribution is 2.36. The largest absolute Gasteiger partial charge is 0.493 e. The van der Waals surface area contributed by atoms with E-state index in [1.54, 1.807) is 0 Å². The number of rotatable bonds is 9. The van der Waals surface area contributed by atoms with Gasteiger partial charge in [0.05, 0.1) is 36.5 Å². The molecule has 0 radical (unpaired) electrons. The molecule has 2 aromatic rings. The van der Waals surface area contributed by atoms with Crippen molar-refractivity contribution in [1.82, 2.24) is 0 Å². The van der Waals surface area contributed by atoms with Crippen molar-refractivity contribution in [2.24, 2.45) is 0 Å². The average Bonchev–Trinajstić information content (AvgIpc) is 2.78. The first kappa shape index (κ1) is 23.3. The molecule has 0 amide bonds. The number of aliphatic hydroxyl groups excluding tert-OH is 1.